The van der Waals surface area contributed by atoms with Crippen molar-refractivity contribution < 1.29 is 0 Å². The molecule has 0 N–H and O–H groups in total. The van der Waals surface area contributed by atoms with Crippen molar-refractivity contribution in [1.82, 2.24) is 20.0 Å². The molecular formula is C11H6Cl2N4OS2. The Hall–Kier alpha value is -1.15. The smallest absolute Gasteiger partial charge is 0.266 e. The number of nitrogens with zero attached hydrogens (tertiary/aromatic N) is 4. The van der Waals surface area contributed by atoms with Gasteiger partial charge in [0.25, 0.3) is 5.56 Å². The van der Waals surface area contributed by atoms with Gasteiger partial charge in [-0.15, -0.1) is 5.10 Å². The van der Waals surface area contributed by atoms with Crippen molar-refractivity contribution >= 4 is 56.6 Å². The minimum Gasteiger partial charge on any atom is -0.266 e. The predicted molar refractivity (Wildman–Crippen MR) is 82.6 cm³/mol. The van der Waals surface area contributed by atoms with Gasteiger partial charge in [0, 0.05) is 0 Å². The molecule has 0 bridgehead atoms. The molecule has 0 atom stereocenters. The van der Waals surface area contributed by atoms with Crippen molar-refractivity contribution in [2.45, 2.75) is 4.34 Å². The number of aromatic nitrogens is 4. The molecule has 0 fully saturated rings. The molecule has 0 saturated carbocycles. The van der Waals surface area contributed by atoms with Crippen LogP contribution in [0.1, 0.15) is 0 Å². The van der Waals surface area contributed by atoms with Crippen LogP contribution in [0.5, 0.6) is 0 Å². The van der Waals surface area contributed by atoms with E-state index >= 15 is 0 Å². The van der Waals surface area contributed by atoms with Crippen LogP contribution in [-0.4, -0.2) is 26.2 Å². The predicted octanol–water partition coefficient (Wildman–Crippen LogP) is 3.27. The van der Waals surface area contributed by atoms with Gasteiger partial charge in [0.1, 0.15) is 10.4 Å². The molecule has 0 aliphatic carbocycles. The Labute approximate surface area is 131 Å². The van der Waals surface area contributed by atoms with Crippen molar-refractivity contribution in [3.8, 4) is 5.69 Å². The normalized spacial score (nSPS) is 11.2. The van der Waals surface area contributed by atoms with Gasteiger partial charge in [-0.2, -0.15) is 4.68 Å². The molecule has 0 spiro atoms. The number of para-hydroxylation sites is 1. The van der Waals surface area contributed by atoms with E-state index in [0.29, 0.717) is 26.1 Å². The average molecular weight is 345 g/mol. The summed E-state index contributed by atoms with van der Waals surface area (Å²) in [6.45, 7) is 0. The third-order valence-corrected chi connectivity index (χ3v) is 5.16. The lowest BCUT2D eigenvalue weighted by molar-refractivity contribution is 0.736. The first-order chi connectivity index (χ1) is 9.61. The van der Waals surface area contributed by atoms with Gasteiger partial charge in [-0.25, -0.2) is 4.98 Å². The second-order valence-electron chi connectivity index (χ2n) is 3.71. The zero-order valence-electron chi connectivity index (χ0n) is 10.0. The summed E-state index contributed by atoms with van der Waals surface area (Å²) in [5.74, 6) is 0. The summed E-state index contributed by atoms with van der Waals surface area (Å²) in [6.07, 6.45) is 1.88. The Morgan fingerprint density at radius 3 is 2.65 bits per heavy atom. The molecule has 0 amide bonds. The highest BCUT2D eigenvalue weighted by Crippen LogP contribution is 2.28. The van der Waals surface area contributed by atoms with Crippen molar-refractivity contribution in [2.24, 2.45) is 0 Å². The van der Waals surface area contributed by atoms with Crippen LogP contribution in [0.15, 0.2) is 27.3 Å². The number of hydrogen-bond donors (Lipinski definition) is 0. The molecular weight excluding hydrogens is 339 g/mol. The quantitative estimate of drug-likeness (QED) is 0.667. The summed E-state index contributed by atoms with van der Waals surface area (Å²) in [4.78, 5) is 16.7. The summed E-state index contributed by atoms with van der Waals surface area (Å²) in [5.41, 5.74) is 0.334. The highest BCUT2D eigenvalue weighted by atomic mass is 35.5. The molecule has 0 unspecified atom stereocenters. The summed E-state index contributed by atoms with van der Waals surface area (Å²) in [6, 6.07) is 4.98. The van der Waals surface area contributed by atoms with E-state index in [1.54, 1.807) is 18.2 Å². The minimum atomic E-state index is -0.331. The van der Waals surface area contributed by atoms with Crippen molar-refractivity contribution in [1.29, 1.82) is 0 Å². The van der Waals surface area contributed by atoms with Crippen molar-refractivity contribution in [2.75, 3.05) is 6.26 Å². The largest absolute Gasteiger partial charge is 0.294 e. The highest BCUT2D eigenvalue weighted by Gasteiger charge is 2.16. The first kappa shape index (κ1) is 13.8. The summed E-state index contributed by atoms with van der Waals surface area (Å²) in [5, 5.41) is 8.49. The van der Waals surface area contributed by atoms with E-state index in [-0.39, 0.29) is 5.56 Å². The maximum Gasteiger partial charge on any atom is 0.294 e. The Morgan fingerprint density at radius 1 is 1.30 bits per heavy atom. The number of hydrogen-bond acceptors (Lipinski definition) is 6. The van der Waals surface area contributed by atoms with Gasteiger partial charge in [0.2, 0.25) is 5.65 Å². The summed E-state index contributed by atoms with van der Waals surface area (Å²) >= 11 is 14.9. The first-order valence-corrected chi connectivity index (χ1v) is 8.16. The van der Waals surface area contributed by atoms with Crippen molar-refractivity contribution in [3.63, 3.8) is 0 Å². The Kier molecular flexibility index (Phi) is 3.68. The molecule has 102 valence electrons. The van der Waals surface area contributed by atoms with Gasteiger partial charge in [0.05, 0.1) is 10.0 Å². The lowest BCUT2D eigenvalue weighted by atomic mass is 10.3. The number of benzene rings is 1. The monoisotopic (exact) mass is 344 g/mol. The van der Waals surface area contributed by atoms with E-state index in [2.05, 4.69) is 15.3 Å². The van der Waals surface area contributed by atoms with Crippen LogP contribution in [0.2, 0.25) is 10.0 Å². The Morgan fingerprint density at radius 2 is 2.00 bits per heavy atom. The molecule has 0 aliphatic rings. The number of thioether (sulfide) groups is 1. The van der Waals surface area contributed by atoms with Crippen molar-refractivity contribution in [3.05, 3.63) is 38.6 Å². The maximum atomic E-state index is 12.5. The first-order valence-electron chi connectivity index (χ1n) is 5.36. The third kappa shape index (κ3) is 2.20. The van der Waals surface area contributed by atoms with Gasteiger partial charge in [-0.3, -0.25) is 4.79 Å². The summed E-state index contributed by atoms with van der Waals surface area (Å²) in [7, 11) is 0. The van der Waals surface area contributed by atoms with Gasteiger partial charge in [-0.05, 0) is 18.4 Å². The fourth-order valence-electron chi connectivity index (χ4n) is 1.65. The maximum absolute atomic E-state index is 12.5. The number of halogens is 2. The van der Waals surface area contributed by atoms with E-state index in [9.17, 15) is 4.79 Å². The third-order valence-electron chi connectivity index (χ3n) is 2.53. The SMILES string of the molecule is CSc1nc2nnn(-c3c(Cl)cccc3Cl)c(=O)c2s1. The standard InChI is InChI=1S/C11H6Cl2N4OS2/c1-19-11-14-9-8(20-11)10(18)17(16-15-9)7-5(12)3-2-4-6(7)13/h2-4H,1H3. The molecule has 2 aromatic heterocycles. The number of thiazole rings is 1. The van der Waals surface area contributed by atoms with Crippen LogP contribution in [0.4, 0.5) is 0 Å². The topological polar surface area (TPSA) is 60.7 Å². The second-order valence-corrected chi connectivity index (χ2v) is 6.58. The van der Waals surface area contributed by atoms with E-state index in [1.165, 1.54) is 23.1 Å². The van der Waals surface area contributed by atoms with E-state index in [1.807, 2.05) is 6.26 Å². The van der Waals surface area contributed by atoms with Gasteiger partial charge < -0.3 is 0 Å². The second kappa shape index (κ2) is 5.33. The number of rotatable bonds is 2. The number of fused-ring (bicyclic) bond motifs is 1. The zero-order valence-corrected chi connectivity index (χ0v) is 13.1. The lowest BCUT2D eigenvalue weighted by Gasteiger charge is -2.06. The van der Waals surface area contributed by atoms with Gasteiger partial charge in [0.15, 0.2) is 4.34 Å². The molecule has 2 heterocycles. The Bertz CT molecular complexity index is 841. The molecule has 20 heavy (non-hydrogen) atoms. The molecule has 0 saturated heterocycles. The van der Waals surface area contributed by atoms with E-state index in [4.69, 9.17) is 23.2 Å². The highest BCUT2D eigenvalue weighted by molar-refractivity contribution is 8.00. The van der Waals surface area contributed by atoms with Crippen LogP contribution in [0, 0.1) is 0 Å². The molecule has 5 nitrogen and oxygen atoms in total. The van der Waals surface area contributed by atoms with Crippen LogP contribution in [0.25, 0.3) is 16.0 Å². The van der Waals surface area contributed by atoms with E-state index < -0.39 is 0 Å². The fourth-order valence-corrected chi connectivity index (χ4v) is 3.63. The van der Waals surface area contributed by atoms with E-state index in [0.717, 1.165) is 9.02 Å². The van der Waals surface area contributed by atoms with Gasteiger partial charge in [-0.1, -0.05) is 57.6 Å². The van der Waals surface area contributed by atoms with Crippen LogP contribution in [0.3, 0.4) is 0 Å². The molecule has 1 aromatic carbocycles. The zero-order chi connectivity index (χ0) is 14.3. The van der Waals surface area contributed by atoms with Gasteiger partial charge >= 0.3 is 0 Å². The molecule has 0 aliphatic heterocycles. The lowest BCUT2D eigenvalue weighted by Crippen LogP contribution is -2.22. The molecule has 9 heteroatoms. The fraction of sp³-hybridized carbons (Fsp3) is 0.0909. The Balaban J connectivity index is 2.32. The van der Waals surface area contributed by atoms with Crippen LogP contribution in [-0.2, 0) is 0 Å². The molecule has 3 rings (SSSR count). The average Bonchev–Trinajstić information content (AvgIpc) is 2.85. The molecule has 3 aromatic rings. The molecule has 0 radical (unpaired) electrons. The minimum absolute atomic E-state index is 0.328. The van der Waals surface area contributed by atoms with Crippen LogP contribution < -0.4 is 5.56 Å². The summed E-state index contributed by atoms with van der Waals surface area (Å²) < 4.78 is 2.30. The van der Waals surface area contributed by atoms with Crippen LogP contribution >= 0.6 is 46.3 Å².